The predicted octanol–water partition coefficient (Wildman–Crippen LogP) is 2.02. The van der Waals surface area contributed by atoms with Crippen LogP contribution in [0.15, 0.2) is 29.4 Å². The number of carboxylic acids is 1. The lowest BCUT2D eigenvalue weighted by Crippen LogP contribution is -2.18. The molecule has 1 aromatic carbocycles. The Kier molecular flexibility index (Phi) is 4.52. The minimum absolute atomic E-state index is 0.0141. The standard InChI is InChI=1S/C10H8F3NO4/c11-10(12,13)18-8-4-2-1-3-7(8)5-14-17-6-9(15)16/h1-5H,6H2,(H,15,16). The van der Waals surface area contributed by atoms with Crippen molar-refractivity contribution in [1.82, 2.24) is 0 Å². The molecule has 98 valence electrons. The van der Waals surface area contributed by atoms with Crippen molar-refractivity contribution < 1.29 is 32.6 Å². The van der Waals surface area contributed by atoms with Gasteiger partial charge in [0, 0.05) is 5.56 Å². The van der Waals surface area contributed by atoms with Gasteiger partial charge in [0.1, 0.15) is 5.75 Å². The minimum atomic E-state index is -4.81. The van der Waals surface area contributed by atoms with E-state index in [0.717, 1.165) is 12.3 Å². The number of hydrogen-bond donors (Lipinski definition) is 1. The van der Waals surface area contributed by atoms with Gasteiger partial charge < -0.3 is 14.7 Å². The molecule has 1 rings (SSSR count). The maximum Gasteiger partial charge on any atom is 0.573 e. The van der Waals surface area contributed by atoms with Gasteiger partial charge in [0.05, 0.1) is 6.21 Å². The van der Waals surface area contributed by atoms with Crippen LogP contribution in [0.1, 0.15) is 5.56 Å². The highest BCUT2D eigenvalue weighted by molar-refractivity contribution is 5.83. The Morgan fingerprint density at radius 1 is 1.39 bits per heavy atom. The van der Waals surface area contributed by atoms with E-state index in [0.29, 0.717) is 0 Å². The van der Waals surface area contributed by atoms with E-state index in [1.54, 1.807) is 0 Å². The van der Waals surface area contributed by atoms with Crippen molar-refractivity contribution in [1.29, 1.82) is 0 Å². The number of carbonyl (C=O) groups is 1. The molecule has 1 N–H and O–H groups in total. The van der Waals surface area contributed by atoms with Crippen molar-refractivity contribution in [3.05, 3.63) is 29.8 Å². The third-order valence-electron chi connectivity index (χ3n) is 1.60. The third-order valence-corrected chi connectivity index (χ3v) is 1.60. The molecule has 0 saturated heterocycles. The molecular formula is C10H8F3NO4. The average molecular weight is 263 g/mol. The molecule has 0 spiro atoms. The monoisotopic (exact) mass is 263 g/mol. The number of rotatable bonds is 5. The van der Waals surface area contributed by atoms with E-state index in [1.165, 1.54) is 18.2 Å². The lowest BCUT2D eigenvalue weighted by atomic mass is 10.2. The quantitative estimate of drug-likeness (QED) is 0.651. The second kappa shape index (κ2) is 5.89. The van der Waals surface area contributed by atoms with Gasteiger partial charge in [-0.05, 0) is 12.1 Å². The fourth-order valence-corrected chi connectivity index (χ4v) is 0.991. The summed E-state index contributed by atoms with van der Waals surface area (Å²) >= 11 is 0. The van der Waals surface area contributed by atoms with Crippen LogP contribution >= 0.6 is 0 Å². The highest BCUT2D eigenvalue weighted by atomic mass is 19.4. The zero-order chi connectivity index (χ0) is 13.6. The van der Waals surface area contributed by atoms with E-state index in [9.17, 15) is 18.0 Å². The van der Waals surface area contributed by atoms with Crippen molar-refractivity contribution >= 4 is 12.2 Å². The minimum Gasteiger partial charge on any atom is -0.479 e. The summed E-state index contributed by atoms with van der Waals surface area (Å²) in [6.45, 7) is -0.682. The molecule has 0 aliphatic heterocycles. The number of halogens is 3. The molecule has 5 nitrogen and oxygen atoms in total. The van der Waals surface area contributed by atoms with Crippen molar-refractivity contribution in [2.75, 3.05) is 6.61 Å². The molecule has 0 aliphatic rings. The van der Waals surface area contributed by atoms with Gasteiger partial charge in [-0.3, -0.25) is 0 Å². The molecule has 0 unspecified atom stereocenters. The molecule has 18 heavy (non-hydrogen) atoms. The number of ether oxygens (including phenoxy) is 1. The highest BCUT2D eigenvalue weighted by Gasteiger charge is 2.31. The van der Waals surface area contributed by atoms with E-state index in [2.05, 4.69) is 14.7 Å². The summed E-state index contributed by atoms with van der Waals surface area (Å²) in [4.78, 5) is 14.4. The van der Waals surface area contributed by atoms with Gasteiger partial charge >= 0.3 is 12.3 Å². The highest BCUT2D eigenvalue weighted by Crippen LogP contribution is 2.25. The second-order valence-corrected chi connectivity index (χ2v) is 2.99. The molecule has 0 bridgehead atoms. The van der Waals surface area contributed by atoms with Crippen LogP contribution in [0.5, 0.6) is 5.75 Å². The molecule has 0 fully saturated rings. The zero-order valence-corrected chi connectivity index (χ0v) is 8.85. The van der Waals surface area contributed by atoms with Crippen molar-refractivity contribution in [3.63, 3.8) is 0 Å². The number of hydrogen-bond acceptors (Lipinski definition) is 4. The summed E-state index contributed by atoms with van der Waals surface area (Å²) in [5, 5.41) is 11.5. The largest absolute Gasteiger partial charge is 0.573 e. The topological polar surface area (TPSA) is 68.1 Å². The van der Waals surface area contributed by atoms with Crippen LogP contribution in [0, 0.1) is 0 Å². The van der Waals surface area contributed by atoms with Crippen LogP contribution < -0.4 is 4.74 Å². The Labute approximate surface area is 99.4 Å². The molecule has 0 amide bonds. The fraction of sp³-hybridized carbons (Fsp3) is 0.200. The lowest BCUT2D eigenvalue weighted by molar-refractivity contribution is -0.274. The van der Waals surface area contributed by atoms with Crippen LogP contribution in [0.3, 0.4) is 0 Å². The Morgan fingerprint density at radius 3 is 2.67 bits per heavy atom. The first-order chi connectivity index (χ1) is 8.38. The maximum atomic E-state index is 12.0. The van der Waals surface area contributed by atoms with Crippen LogP contribution in [0.25, 0.3) is 0 Å². The van der Waals surface area contributed by atoms with Crippen LogP contribution in [0.2, 0.25) is 0 Å². The summed E-state index contributed by atoms with van der Waals surface area (Å²) in [6.07, 6.45) is -3.88. The summed E-state index contributed by atoms with van der Waals surface area (Å²) in [5.74, 6) is -1.69. The molecular weight excluding hydrogens is 255 g/mol. The molecule has 0 radical (unpaired) electrons. The Hall–Kier alpha value is -2.25. The zero-order valence-electron chi connectivity index (χ0n) is 8.85. The van der Waals surface area contributed by atoms with Crippen molar-refractivity contribution in [2.45, 2.75) is 6.36 Å². The van der Waals surface area contributed by atoms with Gasteiger partial charge in [0.15, 0.2) is 0 Å². The van der Waals surface area contributed by atoms with Gasteiger partial charge in [-0.2, -0.15) is 0 Å². The normalized spacial score (nSPS) is 11.5. The lowest BCUT2D eigenvalue weighted by Gasteiger charge is -2.10. The Balaban J connectivity index is 2.73. The van der Waals surface area contributed by atoms with Gasteiger partial charge in [0.25, 0.3) is 0 Å². The fourth-order valence-electron chi connectivity index (χ4n) is 0.991. The van der Waals surface area contributed by atoms with Crippen molar-refractivity contribution in [3.8, 4) is 5.75 Å². The van der Waals surface area contributed by atoms with E-state index in [4.69, 9.17) is 5.11 Å². The van der Waals surface area contributed by atoms with Crippen molar-refractivity contribution in [2.24, 2.45) is 5.16 Å². The smallest absolute Gasteiger partial charge is 0.479 e. The van der Waals surface area contributed by atoms with E-state index >= 15 is 0 Å². The number of aliphatic carboxylic acids is 1. The number of carboxylic acid groups (broad SMARTS) is 1. The molecule has 0 atom stereocenters. The number of nitrogens with zero attached hydrogens (tertiary/aromatic N) is 1. The average Bonchev–Trinajstić information content (AvgIpc) is 2.24. The Bertz CT molecular complexity index is 445. The van der Waals surface area contributed by atoms with Gasteiger partial charge in [-0.25, -0.2) is 4.79 Å². The van der Waals surface area contributed by atoms with E-state index < -0.39 is 24.7 Å². The summed E-state index contributed by atoms with van der Waals surface area (Å²) in [5.41, 5.74) is 0.0141. The number of oxime groups is 1. The third kappa shape index (κ3) is 5.19. The number of benzene rings is 1. The summed E-state index contributed by atoms with van der Waals surface area (Å²) < 4.78 is 39.9. The molecule has 8 heteroatoms. The first-order valence-electron chi connectivity index (χ1n) is 4.60. The first kappa shape index (κ1) is 13.8. The van der Waals surface area contributed by atoms with E-state index in [-0.39, 0.29) is 5.56 Å². The van der Waals surface area contributed by atoms with E-state index in [1.807, 2.05) is 0 Å². The maximum absolute atomic E-state index is 12.0. The first-order valence-corrected chi connectivity index (χ1v) is 4.60. The van der Waals surface area contributed by atoms with Crippen LogP contribution in [-0.4, -0.2) is 30.3 Å². The molecule has 0 aromatic heterocycles. The van der Waals surface area contributed by atoms with Gasteiger partial charge in [0.2, 0.25) is 6.61 Å². The molecule has 1 aromatic rings. The predicted molar refractivity (Wildman–Crippen MR) is 54.3 cm³/mol. The summed E-state index contributed by atoms with van der Waals surface area (Å²) in [6, 6.07) is 5.25. The van der Waals surface area contributed by atoms with Gasteiger partial charge in [-0.15, -0.1) is 13.2 Å². The summed E-state index contributed by atoms with van der Waals surface area (Å²) in [7, 11) is 0. The molecule has 0 heterocycles. The van der Waals surface area contributed by atoms with Gasteiger partial charge in [-0.1, -0.05) is 17.3 Å². The molecule has 0 aliphatic carbocycles. The number of alkyl halides is 3. The van der Waals surface area contributed by atoms with Crippen LogP contribution in [-0.2, 0) is 9.63 Å². The Morgan fingerprint density at radius 2 is 2.06 bits per heavy atom. The van der Waals surface area contributed by atoms with Crippen LogP contribution in [0.4, 0.5) is 13.2 Å². The number of para-hydroxylation sites is 1. The molecule has 0 saturated carbocycles. The SMILES string of the molecule is O=C(O)CON=Cc1ccccc1OC(F)(F)F. The second-order valence-electron chi connectivity index (χ2n) is 2.99.